The topological polar surface area (TPSA) is 43.3 Å². The van der Waals surface area contributed by atoms with Gasteiger partial charge in [-0.05, 0) is 25.5 Å². The summed E-state index contributed by atoms with van der Waals surface area (Å²) in [4.78, 5) is 11.7. The molecule has 0 radical (unpaired) electrons. The van der Waals surface area contributed by atoms with Gasteiger partial charge in [-0.15, -0.1) is 0 Å². The van der Waals surface area contributed by atoms with E-state index in [0.29, 0.717) is 13.2 Å². The van der Waals surface area contributed by atoms with Gasteiger partial charge in [0.25, 0.3) is 0 Å². The Morgan fingerprint density at radius 2 is 2.25 bits per heavy atom. The van der Waals surface area contributed by atoms with Crippen LogP contribution in [0.25, 0.3) is 0 Å². The molecule has 2 atom stereocenters. The molecular weight excluding hydrogens is 204 g/mol. The molecule has 1 saturated heterocycles. The number of hydrogen-bond donors (Lipinski definition) is 1. The van der Waals surface area contributed by atoms with Crippen LogP contribution in [0.1, 0.15) is 13.3 Å². The maximum absolute atomic E-state index is 11.7. The Morgan fingerprint density at radius 3 is 2.88 bits per heavy atom. The van der Waals surface area contributed by atoms with Gasteiger partial charge in [-0.3, -0.25) is 4.79 Å². The Labute approximate surface area is 95.6 Å². The molecule has 4 heteroatoms. The zero-order chi connectivity index (χ0) is 11.4. The molecule has 2 rings (SSSR count). The lowest BCUT2D eigenvalue weighted by Gasteiger charge is -2.09. The quantitative estimate of drug-likeness (QED) is 0.827. The van der Waals surface area contributed by atoms with Crippen molar-refractivity contribution in [1.82, 2.24) is 9.88 Å². The normalized spacial score (nSPS) is 24.6. The molecular formula is C12H18N2O2. The summed E-state index contributed by atoms with van der Waals surface area (Å²) < 4.78 is 7.42. The average Bonchev–Trinajstić information content (AvgIpc) is 2.89. The van der Waals surface area contributed by atoms with Crippen molar-refractivity contribution in [3.63, 3.8) is 0 Å². The van der Waals surface area contributed by atoms with E-state index < -0.39 is 0 Å². The standard InChI is InChI=1S/C12H18N2O2/c1-10-8-11(9-16-10)12(15)13-4-7-14-5-2-3-6-14/h2-3,5-6,10-11H,4,7-9H2,1H3,(H,13,15). The number of aromatic nitrogens is 1. The first-order chi connectivity index (χ1) is 7.75. The van der Waals surface area contributed by atoms with Gasteiger partial charge in [0, 0.05) is 25.5 Å². The third-order valence-electron chi connectivity index (χ3n) is 2.90. The fraction of sp³-hybridized carbons (Fsp3) is 0.583. The second-order valence-corrected chi connectivity index (χ2v) is 4.29. The van der Waals surface area contributed by atoms with Gasteiger partial charge in [0.1, 0.15) is 0 Å². The largest absolute Gasteiger partial charge is 0.378 e. The third kappa shape index (κ3) is 2.85. The van der Waals surface area contributed by atoms with Gasteiger partial charge < -0.3 is 14.6 Å². The molecule has 1 fully saturated rings. The third-order valence-corrected chi connectivity index (χ3v) is 2.90. The molecule has 1 aliphatic heterocycles. The van der Waals surface area contributed by atoms with E-state index in [4.69, 9.17) is 4.74 Å². The van der Waals surface area contributed by atoms with Crippen LogP contribution in [0.5, 0.6) is 0 Å². The van der Waals surface area contributed by atoms with Crippen molar-refractivity contribution < 1.29 is 9.53 Å². The van der Waals surface area contributed by atoms with Crippen molar-refractivity contribution in [3.8, 4) is 0 Å². The second-order valence-electron chi connectivity index (χ2n) is 4.29. The molecule has 0 aromatic carbocycles. The first-order valence-electron chi connectivity index (χ1n) is 5.76. The van der Waals surface area contributed by atoms with Crippen molar-refractivity contribution in [2.75, 3.05) is 13.2 Å². The van der Waals surface area contributed by atoms with Crippen molar-refractivity contribution >= 4 is 5.91 Å². The smallest absolute Gasteiger partial charge is 0.225 e. The van der Waals surface area contributed by atoms with Crippen LogP contribution in [-0.2, 0) is 16.1 Å². The van der Waals surface area contributed by atoms with Gasteiger partial charge in [0.2, 0.25) is 5.91 Å². The van der Waals surface area contributed by atoms with Crippen molar-refractivity contribution in [1.29, 1.82) is 0 Å². The van der Waals surface area contributed by atoms with E-state index in [-0.39, 0.29) is 17.9 Å². The maximum atomic E-state index is 11.7. The molecule has 1 N–H and O–H groups in total. The number of amides is 1. The molecule has 16 heavy (non-hydrogen) atoms. The van der Waals surface area contributed by atoms with Gasteiger partial charge in [-0.25, -0.2) is 0 Å². The lowest BCUT2D eigenvalue weighted by Crippen LogP contribution is -2.33. The minimum absolute atomic E-state index is 0.0414. The van der Waals surface area contributed by atoms with Crippen molar-refractivity contribution in [2.24, 2.45) is 5.92 Å². The monoisotopic (exact) mass is 222 g/mol. The molecule has 0 spiro atoms. The highest BCUT2D eigenvalue weighted by Crippen LogP contribution is 2.18. The summed E-state index contributed by atoms with van der Waals surface area (Å²) in [5.41, 5.74) is 0. The summed E-state index contributed by atoms with van der Waals surface area (Å²) in [6.07, 6.45) is 5.05. The fourth-order valence-electron chi connectivity index (χ4n) is 1.97. The van der Waals surface area contributed by atoms with Crippen LogP contribution < -0.4 is 5.32 Å². The first-order valence-corrected chi connectivity index (χ1v) is 5.76. The lowest BCUT2D eigenvalue weighted by molar-refractivity contribution is -0.124. The van der Waals surface area contributed by atoms with Crippen LogP contribution in [0.3, 0.4) is 0 Å². The Morgan fingerprint density at radius 1 is 1.50 bits per heavy atom. The van der Waals surface area contributed by atoms with E-state index in [2.05, 4.69) is 5.32 Å². The molecule has 2 heterocycles. The highest BCUT2D eigenvalue weighted by atomic mass is 16.5. The molecule has 1 aliphatic rings. The Hall–Kier alpha value is -1.29. The number of carbonyl (C=O) groups is 1. The van der Waals surface area contributed by atoms with Crippen LogP contribution >= 0.6 is 0 Å². The molecule has 1 amide bonds. The Balaban J connectivity index is 1.68. The van der Waals surface area contributed by atoms with Gasteiger partial charge in [-0.2, -0.15) is 0 Å². The Bertz CT molecular complexity index is 335. The van der Waals surface area contributed by atoms with E-state index in [1.54, 1.807) is 0 Å². The van der Waals surface area contributed by atoms with Crippen molar-refractivity contribution in [2.45, 2.75) is 26.0 Å². The number of nitrogens with one attached hydrogen (secondary N) is 1. The molecule has 1 aromatic heterocycles. The van der Waals surface area contributed by atoms with Crippen LogP contribution in [0.4, 0.5) is 0 Å². The van der Waals surface area contributed by atoms with Crippen LogP contribution in [0.15, 0.2) is 24.5 Å². The molecule has 88 valence electrons. The summed E-state index contributed by atoms with van der Waals surface area (Å²) in [6.45, 7) is 4.07. The van der Waals surface area contributed by atoms with E-state index in [9.17, 15) is 4.79 Å². The van der Waals surface area contributed by atoms with E-state index in [0.717, 1.165) is 13.0 Å². The van der Waals surface area contributed by atoms with Gasteiger partial charge >= 0.3 is 0 Å². The minimum Gasteiger partial charge on any atom is -0.378 e. The number of ether oxygens (including phenoxy) is 1. The van der Waals surface area contributed by atoms with Crippen molar-refractivity contribution in [3.05, 3.63) is 24.5 Å². The summed E-state index contributed by atoms with van der Waals surface area (Å²) in [5, 5.41) is 2.94. The minimum atomic E-state index is 0.0414. The molecule has 1 aromatic rings. The molecule has 4 nitrogen and oxygen atoms in total. The van der Waals surface area contributed by atoms with Gasteiger partial charge in [0.15, 0.2) is 0 Å². The number of nitrogens with zero attached hydrogens (tertiary/aromatic N) is 1. The van der Waals surface area contributed by atoms with E-state index in [1.807, 2.05) is 36.0 Å². The number of hydrogen-bond acceptors (Lipinski definition) is 2. The molecule has 0 aliphatic carbocycles. The van der Waals surface area contributed by atoms with E-state index in [1.165, 1.54) is 0 Å². The van der Waals surface area contributed by atoms with Gasteiger partial charge in [-0.1, -0.05) is 0 Å². The first kappa shape index (κ1) is 11.2. The SMILES string of the molecule is CC1CC(C(=O)NCCn2cccc2)CO1. The summed E-state index contributed by atoms with van der Waals surface area (Å²) >= 11 is 0. The number of rotatable bonds is 4. The predicted octanol–water partition coefficient (Wildman–Crippen LogP) is 1.03. The van der Waals surface area contributed by atoms with Crippen LogP contribution in [0.2, 0.25) is 0 Å². The highest BCUT2D eigenvalue weighted by Gasteiger charge is 2.27. The molecule has 0 bridgehead atoms. The zero-order valence-corrected chi connectivity index (χ0v) is 9.56. The molecule has 2 unspecified atom stereocenters. The average molecular weight is 222 g/mol. The number of carbonyl (C=O) groups excluding carboxylic acids is 1. The fourth-order valence-corrected chi connectivity index (χ4v) is 1.97. The lowest BCUT2D eigenvalue weighted by atomic mass is 10.1. The van der Waals surface area contributed by atoms with Crippen LogP contribution in [0, 0.1) is 5.92 Å². The summed E-state index contributed by atoms with van der Waals surface area (Å²) in [6, 6.07) is 3.96. The summed E-state index contributed by atoms with van der Waals surface area (Å²) in [5.74, 6) is 0.163. The summed E-state index contributed by atoms with van der Waals surface area (Å²) in [7, 11) is 0. The van der Waals surface area contributed by atoms with E-state index >= 15 is 0 Å². The van der Waals surface area contributed by atoms with Gasteiger partial charge in [0.05, 0.1) is 18.6 Å². The maximum Gasteiger partial charge on any atom is 0.225 e. The molecule has 0 saturated carbocycles. The Kier molecular flexibility index (Phi) is 3.62. The zero-order valence-electron chi connectivity index (χ0n) is 9.56. The predicted molar refractivity (Wildman–Crippen MR) is 61.0 cm³/mol. The highest BCUT2D eigenvalue weighted by molar-refractivity contribution is 5.79. The van der Waals surface area contributed by atoms with Crippen LogP contribution in [-0.4, -0.2) is 29.7 Å². The second kappa shape index (κ2) is 5.16.